The lowest BCUT2D eigenvalue weighted by Gasteiger charge is -2.10. The summed E-state index contributed by atoms with van der Waals surface area (Å²) in [5.74, 6) is 0. The number of rotatable bonds is 6. The van der Waals surface area contributed by atoms with Crippen LogP contribution in [0.15, 0.2) is 35.5 Å². The first kappa shape index (κ1) is 14.3. The molecule has 20 heavy (non-hydrogen) atoms. The molecule has 1 aromatic heterocycles. The van der Waals surface area contributed by atoms with Crippen LogP contribution >= 0.6 is 0 Å². The molecule has 0 atom stereocenters. The van der Waals surface area contributed by atoms with E-state index in [4.69, 9.17) is 5.73 Å². The molecule has 0 amide bonds. The number of hydrogen-bond acceptors (Lipinski definition) is 6. The number of anilines is 2. The second kappa shape index (κ2) is 5.91. The van der Waals surface area contributed by atoms with Gasteiger partial charge < -0.3 is 11.1 Å². The van der Waals surface area contributed by atoms with Gasteiger partial charge in [-0.2, -0.15) is 0 Å². The highest BCUT2D eigenvalue weighted by Crippen LogP contribution is 2.22. The summed E-state index contributed by atoms with van der Waals surface area (Å²) in [5.41, 5.74) is 7.00. The number of nitrogen functional groups attached to an aromatic ring is 1. The molecule has 108 valence electrons. The molecule has 0 saturated heterocycles. The molecule has 0 saturated carbocycles. The van der Waals surface area contributed by atoms with Crippen LogP contribution in [0.5, 0.6) is 0 Å². The van der Waals surface area contributed by atoms with Gasteiger partial charge >= 0.3 is 0 Å². The van der Waals surface area contributed by atoms with Gasteiger partial charge in [0.2, 0.25) is 0 Å². The van der Waals surface area contributed by atoms with E-state index in [2.05, 4.69) is 15.6 Å². The maximum Gasteiger partial charge on any atom is 0.175 e. The van der Waals surface area contributed by atoms with Crippen LogP contribution in [0.2, 0.25) is 0 Å². The van der Waals surface area contributed by atoms with Crippen molar-refractivity contribution in [3.05, 3.63) is 30.6 Å². The largest absolute Gasteiger partial charge is 0.397 e. The number of hydrogen-bond donors (Lipinski definition) is 2. The van der Waals surface area contributed by atoms with Gasteiger partial charge in [0.1, 0.15) is 0 Å². The average Bonchev–Trinajstić information content (AvgIpc) is 2.88. The van der Waals surface area contributed by atoms with Gasteiger partial charge in [-0.25, -0.2) is 8.42 Å². The van der Waals surface area contributed by atoms with Crippen LogP contribution < -0.4 is 11.1 Å². The fourth-order valence-corrected chi connectivity index (χ4v) is 2.40. The second-order valence-corrected chi connectivity index (χ2v) is 6.48. The molecule has 0 aliphatic heterocycles. The summed E-state index contributed by atoms with van der Waals surface area (Å²) < 4.78 is 24.5. The van der Waals surface area contributed by atoms with E-state index in [0.717, 1.165) is 24.9 Å². The van der Waals surface area contributed by atoms with Crippen LogP contribution in [0, 0.1) is 0 Å². The normalized spacial score (nSPS) is 11.4. The minimum Gasteiger partial charge on any atom is -0.397 e. The maximum atomic E-state index is 11.4. The summed E-state index contributed by atoms with van der Waals surface area (Å²) in [6.45, 7) is 1.47. The molecule has 0 unspecified atom stereocenters. The average molecular weight is 295 g/mol. The lowest BCUT2D eigenvalue weighted by atomic mass is 10.2. The zero-order valence-electron chi connectivity index (χ0n) is 11.2. The molecule has 0 aliphatic carbocycles. The summed E-state index contributed by atoms with van der Waals surface area (Å²) in [6.07, 6.45) is 5.45. The Morgan fingerprint density at radius 1 is 1.40 bits per heavy atom. The number of nitrogens with one attached hydrogen (secondary N) is 1. The Bertz CT molecular complexity index is 667. The Morgan fingerprint density at radius 2 is 2.20 bits per heavy atom. The van der Waals surface area contributed by atoms with Crippen molar-refractivity contribution in [1.29, 1.82) is 0 Å². The summed E-state index contributed by atoms with van der Waals surface area (Å²) in [7, 11) is -3.22. The molecule has 0 radical (unpaired) electrons. The molecule has 0 spiro atoms. The minimum atomic E-state index is -3.22. The van der Waals surface area contributed by atoms with Gasteiger partial charge in [0.25, 0.3) is 0 Å². The lowest BCUT2D eigenvalue weighted by molar-refractivity contribution is 0.570. The number of nitrogens with two attached hydrogens (primary N) is 1. The van der Waals surface area contributed by atoms with Crippen molar-refractivity contribution in [2.75, 3.05) is 23.9 Å². The predicted octanol–water partition coefficient (Wildman–Crippen LogP) is 0.766. The molecule has 1 aromatic carbocycles. The van der Waals surface area contributed by atoms with E-state index >= 15 is 0 Å². The van der Waals surface area contributed by atoms with E-state index in [0.29, 0.717) is 12.2 Å². The number of nitrogens with zero attached hydrogens (tertiary/aromatic N) is 3. The standard InChI is InChI=1S/C12H17N5O2S/c1-20(18,19)10-3-4-12(11(13)9-10)14-5-2-7-17-8-6-15-16-17/h3-4,6,8-9,14H,2,5,7,13H2,1H3. The third-order valence-corrected chi connectivity index (χ3v) is 3.91. The predicted molar refractivity (Wildman–Crippen MR) is 77.1 cm³/mol. The van der Waals surface area contributed by atoms with Crippen LogP contribution in [0.25, 0.3) is 0 Å². The smallest absolute Gasteiger partial charge is 0.175 e. The highest BCUT2D eigenvalue weighted by molar-refractivity contribution is 7.90. The summed E-state index contributed by atoms with van der Waals surface area (Å²) in [5, 5.41) is 10.8. The molecule has 0 aliphatic rings. The second-order valence-electron chi connectivity index (χ2n) is 4.47. The molecule has 2 rings (SSSR count). The van der Waals surface area contributed by atoms with Crippen molar-refractivity contribution in [3.8, 4) is 0 Å². The van der Waals surface area contributed by atoms with Gasteiger partial charge in [-0.3, -0.25) is 4.68 Å². The summed E-state index contributed by atoms with van der Waals surface area (Å²) in [4.78, 5) is 0.225. The van der Waals surface area contributed by atoms with E-state index < -0.39 is 9.84 Å². The van der Waals surface area contributed by atoms with E-state index in [1.54, 1.807) is 29.2 Å². The number of benzene rings is 1. The highest BCUT2D eigenvalue weighted by Gasteiger charge is 2.09. The third kappa shape index (κ3) is 3.70. The van der Waals surface area contributed by atoms with E-state index in [1.165, 1.54) is 6.07 Å². The zero-order chi connectivity index (χ0) is 14.6. The van der Waals surface area contributed by atoms with Crippen molar-refractivity contribution < 1.29 is 8.42 Å². The molecule has 0 fully saturated rings. The number of sulfone groups is 1. The molecule has 1 heterocycles. The van der Waals surface area contributed by atoms with E-state index in [-0.39, 0.29) is 4.90 Å². The van der Waals surface area contributed by atoms with Crippen molar-refractivity contribution in [2.45, 2.75) is 17.9 Å². The molecular formula is C12H17N5O2S. The lowest BCUT2D eigenvalue weighted by Crippen LogP contribution is -2.09. The summed E-state index contributed by atoms with van der Waals surface area (Å²) >= 11 is 0. The van der Waals surface area contributed by atoms with Crippen LogP contribution in [0.3, 0.4) is 0 Å². The van der Waals surface area contributed by atoms with Gasteiger partial charge in [-0.05, 0) is 24.6 Å². The van der Waals surface area contributed by atoms with Crippen LogP contribution in [-0.2, 0) is 16.4 Å². The van der Waals surface area contributed by atoms with Gasteiger partial charge in [-0.1, -0.05) is 5.21 Å². The van der Waals surface area contributed by atoms with Crippen LogP contribution in [0.1, 0.15) is 6.42 Å². The van der Waals surface area contributed by atoms with Crippen molar-refractivity contribution in [3.63, 3.8) is 0 Å². The third-order valence-electron chi connectivity index (χ3n) is 2.80. The molecular weight excluding hydrogens is 278 g/mol. The number of aryl methyl sites for hydroxylation is 1. The molecule has 7 nitrogen and oxygen atoms in total. The van der Waals surface area contributed by atoms with E-state index in [1.807, 2.05) is 0 Å². The number of aromatic nitrogens is 3. The molecule has 0 bridgehead atoms. The van der Waals surface area contributed by atoms with Crippen LogP contribution in [0.4, 0.5) is 11.4 Å². The topological polar surface area (TPSA) is 103 Å². The van der Waals surface area contributed by atoms with Gasteiger partial charge in [0, 0.05) is 25.5 Å². The van der Waals surface area contributed by atoms with Gasteiger partial charge in [0.15, 0.2) is 9.84 Å². The first-order valence-electron chi connectivity index (χ1n) is 6.14. The summed E-state index contributed by atoms with van der Waals surface area (Å²) in [6, 6.07) is 4.70. The Morgan fingerprint density at radius 3 is 2.80 bits per heavy atom. The SMILES string of the molecule is CS(=O)(=O)c1ccc(NCCCn2ccnn2)c(N)c1. The van der Waals surface area contributed by atoms with Crippen molar-refractivity contribution in [2.24, 2.45) is 0 Å². The fraction of sp³-hybridized carbons (Fsp3) is 0.333. The van der Waals surface area contributed by atoms with Crippen LogP contribution in [-0.4, -0.2) is 36.2 Å². The molecule has 8 heteroatoms. The Balaban J connectivity index is 1.90. The van der Waals surface area contributed by atoms with E-state index in [9.17, 15) is 8.42 Å². The highest BCUT2D eigenvalue weighted by atomic mass is 32.2. The Labute approximate surface area is 117 Å². The van der Waals surface area contributed by atoms with Crippen molar-refractivity contribution >= 4 is 21.2 Å². The Kier molecular flexibility index (Phi) is 4.23. The maximum absolute atomic E-state index is 11.4. The van der Waals surface area contributed by atoms with Crippen molar-refractivity contribution in [1.82, 2.24) is 15.0 Å². The molecule has 2 aromatic rings. The van der Waals surface area contributed by atoms with Gasteiger partial charge in [0.05, 0.1) is 22.5 Å². The zero-order valence-corrected chi connectivity index (χ0v) is 12.0. The fourth-order valence-electron chi connectivity index (χ4n) is 1.75. The Hall–Kier alpha value is -2.09. The van der Waals surface area contributed by atoms with Gasteiger partial charge in [-0.15, -0.1) is 5.10 Å². The first-order chi connectivity index (χ1) is 9.47. The first-order valence-corrected chi connectivity index (χ1v) is 8.03. The monoisotopic (exact) mass is 295 g/mol. The molecule has 3 N–H and O–H groups in total. The minimum absolute atomic E-state index is 0.225. The quantitative estimate of drug-likeness (QED) is 0.602.